The van der Waals surface area contributed by atoms with Crippen LogP contribution in [0.25, 0.3) is 11.2 Å². The number of nitrogens with two attached hydrogens (primary N) is 1. The van der Waals surface area contributed by atoms with E-state index >= 15 is 0 Å². The molecule has 3 rings (SSSR count). The molecule has 0 aromatic carbocycles. The number of unbranched alkanes of at least 4 members (excludes halogenated alkanes) is 13. The van der Waals surface area contributed by atoms with Crippen molar-refractivity contribution >= 4 is 32.4 Å². The quantitative estimate of drug-likeness (QED) is 0.0845. The number of anilines is 1. The zero-order chi connectivity index (χ0) is 30.6. The summed E-state index contributed by atoms with van der Waals surface area (Å²) in [6, 6.07) is 0. The average Bonchev–Trinajstić information content (AvgIpc) is 3.48. The molecule has 1 aliphatic heterocycles. The van der Waals surface area contributed by atoms with Crippen LogP contribution in [0.4, 0.5) is 5.82 Å². The smallest absolute Gasteiger partial charge is 0.778 e. The van der Waals surface area contributed by atoms with Crippen molar-refractivity contribution in [1.82, 2.24) is 19.5 Å². The molecule has 0 aliphatic carbocycles. The molecule has 2 aromatic heterocycles. The van der Waals surface area contributed by atoms with Gasteiger partial charge in [-0.05, 0) is 6.42 Å². The summed E-state index contributed by atoms with van der Waals surface area (Å²) in [6.45, 7) is 1.51. The molecular weight excluding hydrogens is 611 g/mol. The van der Waals surface area contributed by atoms with Crippen LogP contribution < -0.4 is 40.2 Å². The van der Waals surface area contributed by atoms with Crippen LogP contribution in [0.5, 0.6) is 0 Å². The average molecular weight is 658 g/mol. The minimum atomic E-state index is -5.03. The number of nitrogen functional groups attached to an aromatic ring is 1. The SMILES string of the molecule is CCCCCCCCCCCCCCCCP(=O)([O-])OP(=O)(O)OCC1OC(n2cnc3c(N)ncnc32)C(O)C1O.[Na+]. The molecule has 6 unspecified atom stereocenters. The van der Waals surface area contributed by atoms with Gasteiger partial charge >= 0.3 is 37.4 Å². The van der Waals surface area contributed by atoms with Crippen molar-refractivity contribution in [2.24, 2.45) is 0 Å². The number of rotatable bonds is 21. The Morgan fingerprint density at radius 3 is 2.07 bits per heavy atom. The van der Waals surface area contributed by atoms with Gasteiger partial charge in [0.1, 0.15) is 37.8 Å². The molecule has 14 nitrogen and oxygen atoms in total. The van der Waals surface area contributed by atoms with Gasteiger partial charge in [0.25, 0.3) is 0 Å². The molecule has 5 N–H and O–H groups in total. The predicted molar refractivity (Wildman–Crippen MR) is 155 cm³/mol. The number of ether oxygens (including phenoxy) is 1. The Morgan fingerprint density at radius 2 is 1.49 bits per heavy atom. The molecule has 3 heterocycles. The van der Waals surface area contributed by atoms with Crippen LogP contribution in [0.1, 0.15) is 103 Å². The summed E-state index contributed by atoms with van der Waals surface area (Å²) in [4.78, 5) is 34.2. The van der Waals surface area contributed by atoms with E-state index in [0.29, 0.717) is 12.8 Å². The van der Waals surface area contributed by atoms with Gasteiger partial charge in [-0.1, -0.05) is 90.4 Å². The van der Waals surface area contributed by atoms with Crippen LogP contribution in [0.15, 0.2) is 12.7 Å². The van der Waals surface area contributed by atoms with Crippen LogP contribution in [0.2, 0.25) is 0 Å². The molecule has 2 aromatic rings. The minimum absolute atomic E-state index is 0. The molecular formula is C26H46N5NaO9P2. The summed E-state index contributed by atoms with van der Waals surface area (Å²) < 4.78 is 40.9. The van der Waals surface area contributed by atoms with Gasteiger partial charge in [-0.15, -0.1) is 0 Å². The topological polar surface area (TPSA) is 215 Å². The van der Waals surface area contributed by atoms with Gasteiger partial charge in [-0.3, -0.25) is 9.09 Å². The van der Waals surface area contributed by atoms with Crippen LogP contribution in [-0.4, -0.2) is 65.7 Å². The third-order valence-electron chi connectivity index (χ3n) is 7.41. The van der Waals surface area contributed by atoms with Gasteiger partial charge in [-0.25, -0.2) is 23.8 Å². The van der Waals surface area contributed by atoms with Crippen molar-refractivity contribution < 1.29 is 72.3 Å². The third kappa shape index (κ3) is 12.7. The molecule has 0 amide bonds. The number of fused-ring (bicyclic) bond motifs is 1. The second-order valence-corrected chi connectivity index (χ2v) is 14.4. The van der Waals surface area contributed by atoms with Crippen molar-refractivity contribution in [3.63, 3.8) is 0 Å². The fourth-order valence-corrected chi connectivity index (χ4v) is 7.76. The summed E-state index contributed by atoms with van der Waals surface area (Å²) in [5, 5.41) is 20.9. The van der Waals surface area contributed by atoms with E-state index < -0.39 is 46.6 Å². The number of nitrogens with zero attached hydrogens (tertiary/aromatic N) is 4. The first kappa shape index (κ1) is 38.7. The Bertz CT molecular complexity index is 1190. The molecule has 1 fully saturated rings. The first-order valence-electron chi connectivity index (χ1n) is 15.0. The molecule has 240 valence electrons. The molecule has 17 heteroatoms. The van der Waals surface area contributed by atoms with Gasteiger partial charge in [0.15, 0.2) is 17.7 Å². The van der Waals surface area contributed by atoms with E-state index in [1.807, 2.05) is 0 Å². The second-order valence-electron chi connectivity index (χ2n) is 10.9. The minimum Gasteiger partial charge on any atom is -0.778 e. The molecule has 0 spiro atoms. The standard InChI is InChI=1S/C26H47N5O9P2.Na/c1-2-3-4-5-6-7-8-9-10-11-12-13-14-15-16-41(34,35)40-42(36,37)38-17-20-22(32)23(33)26(39-20)31-19-30-21-24(27)28-18-29-25(21)31;/h18-20,22-23,26,32-33H,2-17H2,1H3,(H,34,35)(H,36,37)(H2,27,28,29);/q;+1/p-1. The van der Waals surface area contributed by atoms with Crippen molar-refractivity contribution in [3.8, 4) is 0 Å². The Balaban J connectivity index is 0.00000645. The number of aliphatic hydroxyl groups is 2. The Labute approximate surface area is 275 Å². The van der Waals surface area contributed by atoms with E-state index in [4.69, 9.17) is 15.0 Å². The van der Waals surface area contributed by atoms with Gasteiger partial charge in [-0.2, -0.15) is 0 Å². The maximum absolute atomic E-state index is 12.3. The maximum atomic E-state index is 12.3. The van der Waals surface area contributed by atoms with E-state index in [-0.39, 0.29) is 52.7 Å². The summed E-state index contributed by atoms with van der Waals surface area (Å²) in [6.07, 6.45) is 12.2. The molecule has 43 heavy (non-hydrogen) atoms. The van der Waals surface area contributed by atoms with Crippen molar-refractivity contribution in [3.05, 3.63) is 12.7 Å². The van der Waals surface area contributed by atoms with Gasteiger partial charge < -0.3 is 35.0 Å². The fraction of sp³-hybridized carbons (Fsp3) is 0.808. The van der Waals surface area contributed by atoms with Crippen molar-refractivity contribution in [2.45, 2.75) is 121 Å². The van der Waals surface area contributed by atoms with Crippen LogP contribution >= 0.6 is 15.4 Å². The Hall–Kier alpha value is -0.470. The van der Waals surface area contributed by atoms with E-state index in [0.717, 1.165) is 19.3 Å². The first-order chi connectivity index (χ1) is 20.0. The monoisotopic (exact) mass is 657 g/mol. The van der Waals surface area contributed by atoms with E-state index in [1.54, 1.807) is 0 Å². The van der Waals surface area contributed by atoms with E-state index in [1.165, 1.54) is 75.0 Å². The number of hydrogen-bond acceptors (Lipinski definition) is 12. The van der Waals surface area contributed by atoms with Gasteiger partial charge in [0, 0.05) is 6.16 Å². The Kier molecular flexibility index (Phi) is 17.3. The maximum Gasteiger partial charge on any atom is 1.00 e. The normalized spacial score (nSPS) is 23.2. The van der Waals surface area contributed by atoms with Gasteiger partial charge in [0.2, 0.25) is 0 Å². The van der Waals surface area contributed by atoms with E-state index in [9.17, 15) is 29.1 Å². The predicted octanol–water partition coefficient (Wildman–Crippen LogP) is 1.20. The second kappa shape index (κ2) is 19.3. The molecule has 0 bridgehead atoms. The van der Waals surface area contributed by atoms with Crippen LogP contribution in [-0.2, 0) is 22.7 Å². The molecule has 0 saturated carbocycles. The largest absolute Gasteiger partial charge is 1.00 e. The number of phosphoric ester groups is 1. The van der Waals surface area contributed by atoms with Crippen LogP contribution in [0.3, 0.4) is 0 Å². The third-order valence-corrected chi connectivity index (χ3v) is 10.6. The summed E-state index contributed by atoms with van der Waals surface area (Å²) in [5.41, 5.74) is 6.28. The Morgan fingerprint density at radius 1 is 0.930 bits per heavy atom. The van der Waals surface area contributed by atoms with E-state index in [2.05, 4.69) is 26.2 Å². The first-order valence-corrected chi connectivity index (χ1v) is 18.2. The number of aliphatic hydroxyl groups excluding tert-OH is 2. The molecule has 6 atom stereocenters. The number of imidazole rings is 1. The van der Waals surface area contributed by atoms with Crippen molar-refractivity contribution in [2.75, 3.05) is 18.5 Å². The zero-order valence-electron chi connectivity index (χ0n) is 25.3. The number of hydrogen-bond donors (Lipinski definition) is 4. The number of aromatic nitrogens is 4. The van der Waals surface area contributed by atoms with Crippen LogP contribution in [0, 0.1) is 0 Å². The van der Waals surface area contributed by atoms with Crippen molar-refractivity contribution in [1.29, 1.82) is 0 Å². The zero-order valence-corrected chi connectivity index (χ0v) is 29.1. The fourth-order valence-electron chi connectivity index (χ4n) is 5.04. The summed E-state index contributed by atoms with van der Waals surface area (Å²) in [7, 11) is -9.68. The molecule has 0 radical (unpaired) electrons. The molecule has 1 aliphatic rings. The summed E-state index contributed by atoms with van der Waals surface area (Å²) in [5.74, 6) is 0.112. The van der Waals surface area contributed by atoms with Gasteiger partial charge in [0.05, 0.1) is 12.9 Å². The molecule has 1 saturated heterocycles. The summed E-state index contributed by atoms with van der Waals surface area (Å²) >= 11 is 0. The number of phosphoric acid groups is 1.